The van der Waals surface area contributed by atoms with Crippen molar-refractivity contribution in [1.82, 2.24) is 14.9 Å². The Morgan fingerprint density at radius 3 is 1.71 bits per heavy atom. The summed E-state index contributed by atoms with van der Waals surface area (Å²) in [5.74, 6) is 0.146. The lowest BCUT2D eigenvalue weighted by Crippen LogP contribution is -2.25. The van der Waals surface area contributed by atoms with E-state index in [9.17, 15) is 5.11 Å². The molecular weight excluding hydrogens is 382 g/mol. The second kappa shape index (κ2) is 9.19. The number of pyridine rings is 2. The van der Waals surface area contributed by atoms with Crippen LogP contribution in [0, 0.1) is 0 Å². The van der Waals surface area contributed by atoms with Gasteiger partial charge in [-0.15, -0.1) is 0 Å². The Hall–Kier alpha value is -2.72. The van der Waals surface area contributed by atoms with Gasteiger partial charge in [0.15, 0.2) is 5.75 Å². The van der Waals surface area contributed by atoms with Gasteiger partial charge in [0.25, 0.3) is 0 Å². The standard InChI is InChI=1S/C27H34N3O/c1-26(2,3)21-15-20(25(31)24(16-21)27(4,5)6)17-30(18-22-11-7-9-13-28-22)19-23-12-8-10-14-29-23/h7-16H,17-19H2,1-6H3. The fraction of sp³-hybridized carbons (Fsp3) is 0.407. The first kappa shape index (κ1) is 23.0. The maximum Gasteiger partial charge on any atom is 0.186 e. The molecule has 0 aliphatic rings. The average Bonchev–Trinajstić information content (AvgIpc) is 2.69. The van der Waals surface area contributed by atoms with Crippen LogP contribution in [0.2, 0.25) is 0 Å². The van der Waals surface area contributed by atoms with Crippen molar-refractivity contribution in [1.29, 1.82) is 0 Å². The highest BCUT2D eigenvalue weighted by Crippen LogP contribution is 2.38. The van der Waals surface area contributed by atoms with E-state index in [0.29, 0.717) is 19.6 Å². The number of rotatable bonds is 6. The van der Waals surface area contributed by atoms with Gasteiger partial charge in [-0.05, 0) is 40.7 Å². The Morgan fingerprint density at radius 2 is 1.29 bits per heavy atom. The Balaban J connectivity index is 2.00. The molecule has 0 unspecified atom stereocenters. The van der Waals surface area contributed by atoms with Crippen molar-refractivity contribution in [2.75, 3.05) is 0 Å². The lowest BCUT2D eigenvalue weighted by molar-refractivity contribution is 0.233. The summed E-state index contributed by atoms with van der Waals surface area (Å²) in [4.78, 5) is 11.2. The van der Waals surface area contributed by atoms with Crippen LogP contribution in [0.3, 0.4) is 0 Å². The number of nitrogens with zero attached hydrogens (tertiary/aromatic N) is 3. The molecule has 4 heteroatoms. The fourth-order valence-electron chi connectivity index (χ4n) is 3.65. The highest BCUT2D eigenvalue weighted by molar-refractivity contribution is 5.48. The van der Waals surface area contributed by atoms with Crippen molar-refractivity contribution in [3.8, 4) is 5.75 Å². The molecule has 0 saturated heterocycles. The normalized spacial score (nSPS) is 12.4. The molecule has 2 aromatic heterocycles. The van der Waals surface area contributed by atoms with Gasteiger partial charge >= 0.3 is 0 Å². The predicted octanol–water partition coefficient (Wildman–Crippen LogP) is 6.42. The van der Waals surface area contributed by atoms with E-state index in [-0.39, 0.29) is 16.6 Å². The molecule has 0 spiro atoms. The molecule has 31 heavy (non-hydrogen) atoms. The summed E-state index contributed by atoms with van der Waals surface area (Å²) in [5.41, 5.74) is 4.63. The summed E-state index contributed by atoms with van der Waals surface area (Å²) in [6.07, 6.45) is 3.62. The number of aromatic nitrogens is 2. The van der Waals surface area contributed by atoms with Crippen molar-refractivity contribution >= 4 is 0 Å². The van der Waals surface area contributed by atoms with E-state index in [1.807, 2.05) is 48.8 Å². The van der Waals surface area contributed by atoms with E-state index in [4.69, 9.17) is 0 Å². The Morgan fingerprint density at radius 1 is 0.742 bits per heavy atom. The van der Waals surface area contributed by atoms with Crippen LogP contribution < -0.4 is 0 Å². The van der Waals surface area contributed by atoms with Crippen LogP contribution in [0.5, 0.6) is 5.75 Å². The molecule has 1 aromatic carbocycles. The summed E-state index contributed by atoms with van der Waals surface area (Å²) in [6, 6.07) is 16.1. The van der Waals surface area contributed by atoms with Crippen LogP contribution in [0.15, 0.2) is 60.9 Å². The summed E-state index contributed by atoms with van der Waals surface area (Å²) < 4.78 is 0. The zero-order valence-electron chi connectivity index (χ0n) is 19.6. The van der Waals surface area contributed by atoms with Gasteiger partial charge in [-0.2, -0.15) is 0 Å². The third-order valence-electron chi connectivity index (χ3n) is 5.46. The maximum absolute atomic E-state index is 13.5. The molecule has 0 fully saturated rings. The molecule has 3 aromatic rings. The first-order valence-corrected chi connectivity index (χ1v) is 10.9. The van der Waals surface area contributed by atoms with E-state index < -0.39 is 0 Å². The molecule has 0 aliphatic heterocycles. The second-order valence-electron chi connectivity index (χ2n) is 10.3. The predicted molar refractivity (Wildman–Crippen MR) is 125 cm³/mol. The molecule has 163 valence electrons. The Kier molecular flexibility index (Phi) is 6.80. The van der Waals surface area contributed by atoms with Crippen LogP contribution in [0.4, 0.5) is 0 Å². The van der Waals surface area contributed by atoms with Gasteiger partial charge in [0.05, 0.1) is 11.4 Å². The van der Waals surface area contributed by atoms with Gasteiger partial charge in [-0.1, -0.05) is 65.8 Å². The zero-order chi connectivity index (χ0) is 22.6. The van der Waals surface area contributed by atoms with Crippen LogP contribution in [0.25, 0.3) is 0 Å². The van der Waals surface area contributed by atoms with E-state index in [1.165, 1.54) is 5.56 Å². The van der Waals surface area contributed by atoms with Gasteiger partial charge in [0.2, 0.25) is 0 Å². The van der Waals surface area contributed by atoms with E-state index >= 15 is 0 Å². The third-order valence-corrected chi connectivity index (χ3v) is 5.46. The molecule has 0 amide bonds. The summed E-state index contributed by atoms with van der Waals surface area (Å²) in [6.45, 7) is 14.8. The average molecular weight is 417 g/mol. The van der Waals surface area contributed by atoms with Crippen molar-refractivity contribution in [2.45, 2.75) is 72.0 Å². The number of benzene rings is 1. The van der Waals surface area contributed by atoms with Crippen LogP contribution in [0.1, 0.15) is 69.6 Å². The topological polar surface area (TPSA) is 48.9 Å². The van der Waals surface area contributed by atoms with Crippen molar-refractivity contribution in [3.63, 3.8) is 0 Å². The smallest absolute Gasteiger partial charge is 0.186 e. The van der Waals surface area contributed by atoms with E-state index in [2.05, 4.69) is 68.5 Å². The van der Waals surface area contributed by atoms with Crippen LogP contribution in [-0.2, 0) is 35.6 Å². The molecule has 0 N–H and O–H groups in total. The molecule has 1 radical (unpaired) electrons. The largest absolute Gasteiger partial charge is 0.289 e. The molecule has 3 rings (SSSR count). The molecule has 0 bridgehead atoms. The quantitative estimate of drug-likeness (QED) is 0.466. The zero-order valence-corrected chi connectivity index (χ0v) is 19.6. The minimum atomic E-state index is -0.208. The Labute approximate surface area is 187 Å². The first-order chi connectivity index (χ1) is 14.5. The molecule has 2 heterocycles. The maximum atomic E-state index is 13.5. The van der Waals surface area contributed by atoms with Crippen LogP contribution in [-0.4, -0.2) is 14.9 Å². The number of hydrogen-bond donors (Lipinski definition) is 0. The van der Waals surface area contributed by atoms with Crippen LogP contribution >= 0.6 is 0 Å². The fourth-order valence-corrected chi connectivity index (χ4v) is 3.65. The van der Waals surface area contributed by atoms with E-state index in [0.717, 1.165) is 22.5 Å². The number of hydrogen-bond acceptors (Lipinski definition) is 3. The highest BCUT2D eigenvalue weighted by Gasteiger charge is 2.26. The summed E-state index contributed by atoms with van der Waals surface area (Å²) in [5, 5.41) is 13.5. The van der Waals surface area contributed by atoms with Crippen molar-refractivity contribution in [3.05, 3.63) is 89.0 Å². The second-order valence-corrected chi connectivity index (χ2v) is 10.3. The molecular formula is C27H34N3O. The van der Waals surface area contributed by atoms with Gasteiger partial charge in [-0.25, -0.2) is 0 Å². The minimum absolute atomic E-state index is 0.0325. The van der Waals surface area contributed by atoms with Gasteiger partial charge in [0.1, 0.15) is 0 Å². The summed E-state index contributed by atoms with van der Waals surface area (Å²) >= 11 is 0. The first-order valence-electron chi connectivity index (χ1n) is 10.9. The minimum Gasteiger partial charge on any atom is -0.289 e. The monoisotopic (exact) mass is 416 g/mol. The SMILES string of the molecule is CC(C)(C)c1cc(CN(Cc2ccccn2)Cc2ccccn2)c([O])c(C(C)(C)C)c1. The van der Waals surface area contributed by atoms with E-state index in [1.54, 1.807) is 0 Å². The third kappa shape index (κ3) is 6.14. The lowest BCUT2D eigenvalue weighted by Gasteiger charge is -2.28. The van der Waals surface area contributed by atoms with Crippen molar-refractivity contribution in [2.24, 2.45) is 0 Å². The van der Waals surface area contributed by atoms with Gasteiger partial charge in [0, 0.05) is 43.2 Å². The Bertz CT molecular complexity index is 945. The summed E-state index contributed by atoms with van der Waals surface area (Å²) in [7, 11) is 0. The molecule has 0 aliphatic carbocycles. The van der Waals surface area contributed by atoms with Gasteiger partial charge < -0.3 is 0 Å². The highest BCUT2D eigenvalue weighted by atomic mass is 16.3. The molecule has 0 saturated carbocycles. The van der Waals surface area contributed by atoms with Gasteiger partial charge in [-0.3, -0.25) is 20.0 Å². The van der Waals surface area contributed by atoms with Crippen molar-refractivity contribution < 1.29 is 5.11 Å². The lowest BCUT2D eigenvalue weighted by atomic mass is 9.79. The molecule has 0 atom stereocenters. The molecule has 4 nitrogen and oxygen atoms in total.